The molecule has 8 heteroatoms. The van der Waals surface area contributed by atoms with Crippen LogP contribution in [0.1, 0.15) is 0 Å². The van der Waals surface area contributed by atoms with Crippen LogP contribution in [0.25, 0.3) is 32.3 Å². The van der Waals surface area contributed by atoms with Gasteiger partial charge in [0.05, 0.1) is 16.2 Å². The Morgan fingerprint density at radius 2 is 0.833 bits per heavy atom. The molecule has 0 aromatic heterocycles. The van der Waals surface area contributed by atoms with E-state index in [0.29, 0.717) is 12.1 Å². The van der Waals surface area contributed by atoms with Crippen molar-refractivity contribution in [2.45, 2.75) is 0 Å². The third-order valence-corrected chi connectivity index (χ3v) is 3.98. The van der Waals surface area contributed by atoms with E-state index in [4.69, 9.17) is 0 Å². The molecule has 0 aliphatic heterocycles. The van der Waals surface area contributed by atoms with Crippen molar-refractivity contribution in [1.29, 1.82) is 0 Å². The average molecular weight is 346 g/mol. The van der Waals surface area contributed by atoms with Gasteiger partial charge in [0.15, 0.2) is 40.7 Å². The van der Waals surface area contributed by atoms with Gasteiger partial charge in [-0.1, -0.05) is 0 Å². The molecule has 0 aliphatic rings. The predicted molar refractivity (Wildman–Crippen MR) is 69.8 cm³/mol. The summed E-state index contributed by atoms with van der Waals surface area (Å²) < 4.78 is 111. The van der Waals surface area contributed by atoms with Crippen LogP contribution in [0.2, 0.25) is 0 Å². The van der Waals surface area contributed by atoms with Crippen molar-refractivity contribution in [2.24, 2.45) is 0 Å². The first-order chi connectivity index (χ1) is 11.3. The van der Waals surface area contributed by atoms with Gasteiger partial charge >= 0.3 is 0 Å². The van der Waals surface area contributed by atoms with Crippen LogP contribution in [-0.2, 0) is 0 Å². The van der Waals surface area contributed by atoms with E-state index in [1.165, 1.54) is 0 Å². The van der Waals surface area contributed by atoms with Gasteiger partial charge in [0.2, 0.25) is 0 Å². The molecule has 122 valence electrons. The molecule has 0 unspecified atom stereocenters. The Hall–Kier alpha value is -2.64. The smallest absolute Gasteiger partial charge is 0.195 e. The highest BCUT2D eigenvalue weighted by Crippen LogP contribution is 2.43. The summed E-state index contributed by atoms with van der Waals surface area (Å²) in [6, 6.07) is 0.973. The van der Waals surface area contributed by atoms with Gasteiger partial charge in [-0.15, -0.1) is 0 Å². The zero-order valence-electron chi connectivity index (χ0n) is 11.2. The molecule has 0 spiro atoms. The van der Waals surface area contributed by atoms with Gasteiger partial charge in [-0.3, -0.25) is 0 Å². The molecule has 24 heavy (non-hydrogen) atoms. The SMILES string of the molecule is Fc1cc2cc(F)c3c(F)c(F)c(F)c4c(F)c(F)c(c1F)c2c34. The molecular formula is C16H2F8. The quantitative estimate of drug-likeness (QED) is 0.218. The summed E-state index contributed by atoms with van der Waals surface area (Å²) in [6.07, 6.45) is 0. The first kappa shape index (κ1) is 14.9. The van der Waals surface area contributed by atoms with Gasteiger partial charge in [-0.05, 0) is 17.5 Å². The Labute approximate surface area is 127 Å². The van der Waals surface area contributed by atoms with Gasteiger partial charge in [-0.25, -0.2) is 35.1 Å². The Balaban J connectivity index is 2.56. The standard InChI is InChI=1S/C16H2F8/c17-4-1-3-2-5(18)11(19)9-6(3)8-7(4)12(20)16(24)15(23)10(8)14(22)13(9)21/h1-2H. The maximum atomic E-state index is 14.1. The van der Waals surface area contributed by atoms with Gasteiger partial charge in [0, 0.05) is 10.8 Å². The summed E-state index contributed by atoms with van der Waals surface area (Å²) in [5.41, 5.74) is 0. The van der Waals surface area contributed by atoms with Gasteiger partial charge in [-0.2, -0.15) is 0 Å². The third-order valence-electron chi connectivity index (χ3n) is 3.98. The molecular weight excluding hydrogens is 344 g/mol. The predicted octanol–water partition coefficient (Wildman–Crippen LogP) is 5.70. The molecule has 4 aromatic rings. The van der Waals surface area contributed by atoms with Crippen molar-refractivity contribution in [1.82, 2.24) is 0 Å². The van der Waals surface area contributed by atoms with Crippen LogP contribution in [-0.4, -0.2) is 0 Å². The first-order valence-electron chi connectivity index (χ1n) is 6.42. The minimum Gasteiger partial charge on any atom is -0.206 e. The highest BCUT2D eigenvalue weighted by atomic mass is 19.2. The zero-order valence-corrected chi connectivity index (χ0v) is 11.2. The summed E-state index contributed by atoms with van der Waals surface area (Å²) in [6.45, 7) is 0. The Kier molecular flexibility index (Phi) is 2.77. The molecule has 0 bridgehead atoms. The lowest BCUT2D eigenvalue weighted by atomic mass is 9.92. The summed E-state index contributed by atoms with van der Waals surface area (Å²) in [4.78, 5) is 0. The normalized spacial score (nSPS) is 12.2. The summed E-state index contributed by atoms with van der Waals surface area (Å²) >= 11 is 0. The Morgan fingerprint density at radius 1 is 0.375 bits per heavy atom. The summed E-state index contributed by atoms with van der Waals surface area (Å²) in [7, 11) is 0. The second kappa shape index (κ2) is 4.46. The van der Waals surface area contributed by atoms with Crippen molar-refractivity contribution in [2.75, 3.05) is 0 Å². The van der Waals surface area contributed by atoms with Crippen LogP contribution in [0.4, 0.5) is 35.1 Å². The first-order valence-corrected chi connectivity index (χ1v) is 6.42. The molecule has 0 saturated heterocycles. The second-order valence-corrected chi connectivity index (χ2v) is 5.20. The third kappa shape index (κ3) is 1.53. The van der Waals surface area contributed by atoms with Gasteiger partial charge in [0.25, 0.3) is 0 Å². The molecule has 4 aromatic carbocycles. The molecule has 0 fully saturated rings. The molecule has 4 rings (SSSR count). The Bertz CT molecular complexity index is 1180. The van der Waals surface area contributed by atoms with Crippen LogP contribution < -0.4 is 0 Å². The highest BCUT2D eigenvalue weighted by molar-refractivity contribution is 6.23. The van der Waals surface area contributed by atoms with Gasteiger partial charge in [0.1, 0.15) is 5.82 Å². The van der Waals surface area contributed by atoms with Crippen molar-refractivity contribution >= 4 is 32.3 Å². The number of rotatable bonds is 0. The van der Waals surface area contributed by atoms with Crippen LogP contribution in [0, 0.1) is 46.5 Å². The molecule has 0 heterocycles. The molecule has 0 radical (unpaired) electrons. The summed E-state index contributed by atoms with van der Waals surface area (Å²) in [5, 5.41) is -5.77. The van der Waals surface area contributed by atoms with E-state index < -0.39 is 78.9 Å². The lowest BCUT2D eigenvalue weighted by molar-refractivity contribution is 0.450. The molecule has 0 saturated carbocycles. The largest absolute Gasteiger partial charge is 0.206 e. The second-order valence-electron chi connectivity index (χ2n) is 5.20. The molecule has 0 aliphatic carbocycles. The highest BCUT2D eigenvalue weighted by Gasteiger charge is 2.30. The zero-order chi connectivity index (χ0) is 17.5. The van der Waals surface area contributed by atoms with Crippen molar-refractivity contribution in [3.05, 3.63) is 58.7 Å². The van der Waals surface area contributed by atoms with E-state index in [0.717, 1.165) is 0 Å². The maximum Gasteiger partial charge on any atom is 0.195 e. The monoisotopic (exact) mass is 346 g/mol. The number of halogens is 8. The minimum atomic E-state index is -2.20. The van der Waals surface area contributed by atoms with E-state index in [-0.39, 0.29) is 0 Å². The van der Waals surface area contributed by atoms with E-state index in [9.17, 15) is 35.1 Å². The maximum absolute atomic E-state index is 14.1. The van der Waals surface area contributed by atoms with Crippen LogP contribution in [0.3, 0.4) is 0 Å². The number of hydrogen-bond donors (Lipinski definition) is 0. The lowest BCUT2D eigenvalue weighted by Crippen LogP contribution is -2.04. The van der Waals surface area contributed by atoms with Crippen LogP contribution >= 0.6 is 0 Å². The van der Waals surface area contributed by atoms with E-state index in [1.54, 1.807) is 0 Å². The average Bonchev–Trinajstić information content (AvgIpc) is 2.52. The molecule has 0 atom stereocenters. The number of benzene rings is 4. The van der Waals surface area contributed by atoms with Gasteiger partial charge < -0.3 is 0 Å². The lowest BCUT2D eigenvalue weighted by Gasteiger charge is -2.15. The Morgan fingerprint density at radius 3 is 1.46 bits per heavy atom. The van der Waals surface area contributed by atoms with Crippen LogP contribution in [0.15, 0.2) is 12.1 Å². The van der Waals surface area contributed by atoms with E-state index in [1.807, 2.05) is 0 Å². The molecule has 0 N–H and O–H groups in total. The van der Waals surface area contributed by atoms with E-state index in [2.05, 4.69) is 0 Å². The molecule has 0 amide bonds. The summed E-state index contributed by atoms with van der Waals surface area (Å²) in [5.74, 6) is -15.2. The fourth-order valence-electron chi connectivity index (χ4n) is 3.00. The van der Waals surface area contributed by atoms with E-state index >= 15 is 0 Å². The fourth-order valence-corrected chi connectivity index (χ4v) is 3.00. The topological polar surface area (TPSA) is 0 Å². The van der Waals surface area contributed by atoms with Crippen molar-refractivity contribution in [3.63, 3.8) is 0 Å². The minimum absolute atomic E-state index is 0.455. The van der Waals surface area contributed by atoms with Crippen molar-refractivity contribution in [3.8, 4) is 0 Å². The number of hydrogen-bond acceptors (Lipinski definition) is 0. The fraction of sp³-hybridized carbons (Fsp3) is 0. The molecule has 0 nitrogen and oxygen atoms in total. The van der Waals surface area contributed by atoms with Crippen LogP contribution in [0.5, 0.6) is 0 Å². The van der Waals surface area contributed by atoms with Crippen molar-refractivity contribution < 1.29 is 35.1 Å².